The minimum absolute atomic E-state index is 0.0273. The second-order valence-electron chi connectivity index (χ2n) is 6.14. The number of ether oxygens (including phenoxy) is 1. The van der Waals surface area contributed by atoms with Crippen molar-refractivity contribution in [2.75, 3.05) is 6.61 Å². The summed E-state index contributed by atoms with van der Waals surface area (Å²) in [7, 11) is 0. The molecule has 5 nitrogen and oxygen atoms in total. The van der Waals surface area contributed by atoms with Gasteiger partial charge in [0.05, 0.1) is 12.1 Å². The zero-order valence-corrected chi connectivity index (χ0v) is 14.3. The summed E-state index contributed by atoms with van der Waals surface area (Å²) in [6.45, 7) is 4.89. The Bertz CT molecular complexity index is 745. The monoisotopic (exact) mass is 331 g/mol. The van der Waals surface area contributed by atoms with E-state index < -0.39 is 5.97 Å². The van der Waals surface area contributed by atoms with Crippen molar-refractivity contribution in [3.8, 4) is 5.75 Å². The molecule has 0 saturated heterocycles. The molecule has 1 aromatic carbocycles. The van der Waals surface area contributed by atoms with E-state index in [1.165, 1.54) is 25.3 Å². The topological polar surface area (TPSA) is 79.4 Å². The Morgan fingerprint density at radius 1 is 1.21 bits per heavy atom. The molecule has 0 atom stereocenters. The summed E-state index contributed by atoms with van der Waals surface area (Å²) >= 11 is 0. The van der Waals surface area contributed by atoms with E-state index in [1.807, 2.05) is 0 Å². The molecule has 1 aromatic heterocycles. The fourth-order valence-electron chi connectivity index (χ4n) is 2.40. The number of aromatic amines is 1. The number of rotatable bonds is 5. The van der Waals surface area contributed by atoms with Crippen LogP contribution in [0.5, 0.6) is 5.75 Å². The lowest BCUT2D eigenvalue weighted by Crippen LogP contribution is -2.20. The molecule has 24 heavy (non-hydrogen) atoms. The van der Waals surface area contributed by atoms with Gasteiger partial charge in [0, 0.05) is 6.07 Å². The van der Waals surface area contributed by atoms with Crippen LogP contribution in [0.1, 0.15) is 56.3 Å². The molecule has 2 aromatic rings. The average molecular weight is 331 g/mol. The van der Waals surface area contributed by atoms with Gasteiger partial charge in [0.25, 0.3) is 0 Å². The van der Waals surface area contributed by atoms with Gasteiger partial charge in [-0.3, -0.25) is 4.79 Å². The summed E-state index contributed by atoms with van der Waals surface area (Å²) < 4.78 is 5.65. The van der Waals surface area contributed by atoms with Gasteiger partial charge in [0.1, 0.15) is 11.3 Å². The molecular formula is C19H25NO4. The minimum atomic E-state index is -1.10. The molecule has 1 saturated carbocycles. The lowest BCUT2D eigenvalue weighted by molar-refractivity contribution is 0.0692. The molecule has 130 valence electrons. The first-order valence-corrected chi connectivity index (χ1v) is 8.58. The second kappa shape index (κ2) is 8.52. The van der Waals surface area contributed by atoms with Crippen molar-refractivity contribution in [3.05, 3.63) is 40.2 Å². The van der Waals surface area contributed by atoms with Crippen LogP contribution in [0.3, 0.4) is 0 Å². The molecule has 1 aliphatic rings. The Labute approximate surface area is 141 Å². The molecule has 0 bridgehead atoms. The molecule has 1 aliphatic carbocycles. The molecule has 5 heteroatoms. The van der Waals surface area contributed by atoms with E-state index in [1.54, 1.807) is 18.2 Å². The zero-order chi connectivity index (χ0) is 17.5. The van der Waals surface area contributed by atoms with Gasteiger partial charge in [-0.25, -0.2) is 4.79 Å². The highest BCUT2D eigenvalue weighted by Gasteiger charge is 2.21. The minimum Gasteiger partial charge on any atom is -0.492 e. The van der Waals surface area contributed by atoms with Crippen LogP contribution in [0.25, 0.3) is 10.9 Å². The summed E-state index contributed by atoms with van der Waals surface area (Å²) in [5.74, 6) is -0.262. The van der Waals surface area contributed by atoms with E-state index in [9.17, 15) is 14.7 Å². The Balaban J connectivity index is 0.000000471. The van der Waals surface area contributed by atoms with E-state index in [0.717, 1.165) is 12.8 Å². The molecule has 0 amide bonds. The Kier molecular flexibility index (Phi) is 6.41. The van der Waals surface area contributed by atoms with Crippen LogP contribution in [0.4, 0.5) is 0 Å². The van der Waals surface area contributed by atoms with E-state index in [0.29, 0.717) is 29.2 Å². The number of pyridine rings is 1. The molecule has 0 aliphatic heterocycles. The number of benzene rings is 1. The predicted octanol–water partition coefficient (Wildman–Crippen LogP) is 4.21. The number of nitrogens with one attached hydrogen (secondary N) is 1. The third-order valence-corrected chi connectivity index (χ3v) is 4.27. The highest BCUT2D eigenvalue weighted by Crippen LogP contribution is 2.30. The van der Waals surface area contributed by atoms with Gasteiger partial charge in [0.15, 0.2) is 0 Å². The van der Waals surface area contributed by atoms with Crippen LogP contribution in [-0.4, -0.2) is 22.7 Å². The number of H-pyrrole nitrogens is 1. The molecule has 0 radical (unpaired) electrons. The number of carboxylic acids is 1. The van der Waals surface area contributed by atoms with Gasteiger partial charge in [-0.05, 0) is 42.3 Å². The molecule has 3 rings (SSSR count). The number of carbonyl (C=O) groups is 1. The first kappa shape index (κ1) is 18.0. The molecule has 1 fully saturated rings. The summed E-state index contributed by atoms with van der Waals surface area (Å²) in [6, 6.07) is 6.40. The van der Waals surface area contributed by atoms with Crippen molar-refractivity contribution in [2.45, 2.75) is 46.0 Å². The number of hydrogen-bond acceptors (Lipinski definition) is 3. The van der Waals surface area contributed by atoms with Gasteiger partial charge in [0.2, 0.25) is 5.56 Å². The SMILES string of the molecule is CCCC.O=C(O)c1c(OCC2CCC2)ccc2ccc(=O)[nH]c12. The van der Waals surface area contributed by atoms with E-state index in [-0.39, 0.29) is 11.1 Å². The number of aromatic carboxylic acids is 1. The van der Waals surface area contributed by atoms with Crippen LogP contribution >= 0.6 is 0 Å². The number of hydrogen-bond donors (Lipinski definition) is 2. The van der Waals surface area contributed by atoms with Gasteiger partial charge in [-0.1, -0.05) is 33.1 Å². The maximum absolute atomic E-state index is 11.5. The van der Waals surface area contributed by atoms with Crippen molar-refractivity contribution in [3.63, 3.8) is 0 Å². The highest BCUT2D eigenvalue weighted by molar-refractivity contribution is 6.04. The molecule has 1 heterocycles. The third-order valence-electron chi connectivity index (χ3n) is 4.27. The van der Waals surface area contributed by atoms with Gasteiger partial charge in [-0.15, -0.1) is 0 Å². The van der Waals surface area contributed by atoms with Crippen LogP contribution in [0, 0.1) is 5.92 Å². The van der Waals surface area contributed by atoms with Gasteiger partial charge in [-0.2, -0.15) is 0 Å². The second-order valence-corrected chi connectivity index (χ2v) is 6.14. The average Bonchev–Trinajstić information content (AvgIpc) is 2.52. The lowest BCUT2D eigenvalue weighted by Gasteiger charge is -2.25. The van der Waals surface area contributed by atoms with Crippen LogP contribution < -0.4 is 10.3 Å². The van der Waals surface area contributed by atoms with Crippen molar-refractivity contribution in [1.82, 2.24) is 4.98 Å². The fourth-order valence-corrected chi connectivity index (χ4v) is 2.40. The summed E-state index contributed by atoms with van der Waals surface area (Å²) in [5.41, 5.74) is 0.0202. The Hall–Kier alpha value is -2.30. The maximum Gasteiger partial charge on any atom is 0.341 e. The van der Waals surface area contributed by atoms with E-state index in [2.05, 4.69) is 18.8 Å². The molecular weight excluding hydrogens is 306 g/mol. The standard InChI is InChI=1S/C15H15NO4.C4H10/c17-12-7-5-10-4-6-11(20-8-9-2-1-3-9)13(15(18)19)14(10)16-12;1-3-4-2/h4-7,9H,1-3,8H2,(H,16,17)(H,18,19);3-4H2,1-2H3. The first-order valence-electron chi connectivity index (χ1n) is 8.58. The van der Waals surface area contributed by atoms with Crippen molar-refractivity contribution in [2.24, 2.45) is 5.92 Å². The lowest BCUT2D eigenvalue weighted by atomic mass is 9.86. The summed E-state index contributed by atoms with van der Waals surface area (Å²) in [6.07, 6.45) is 6.12. The first-order chi connectivity index (χ1) is 11.6. The van der Waals surface area contributed by atoms with Crippen molar-refractivity contribution < 1.29 is 14.6 Å². The largest absolute Gasteiger partial charge is 0.492 e. The van der Waals surface area contributed by atoms with Crippen LogP contribution in [0.15, 0.2) is 29.1 Å². The van der Waals surface area contributed by atoms with Crippen LogP contribution in [0.2, 0.25) is 0 Å². The Morgan fingerprint density at radius 2 is 1.88 bits per heavy atom. The number of aromatic nitrogens is 1. The normalized spacial score (nSPS) is 13.8. The Morgan fingerprint density at radius 3 is 2.42 bits per heavy atom. The fraction of sp³-hybridized carbons (Fsp3) is 0.474. The smallest absolute Gasteiger partial charge is 0.341 e. The van der Waals surface area contributed by atoms with E-state index >= 15 is 0 Å². The van der Waals surface area contributed by atoms with Crippen molar-refractivity contribution >= 4 is 16.9 Å². The summed E-state index contributed by atoms with van der Waals surface area (Å²) in [4.78, 5) is 25.5. The molecule has 2 N–H and O–H groups in total. The zero-order valence-electron chi connectivity index (χ0n) is 14.3. The highest BCUT2D eigenvalue weighted by atomic mass is 16.5. The van der Waals surface area contributed by atoms with Gasteiger partial charge >= 0.3 is 5.97 Å². The number of fused-ring (bicyclic) bond motifs is 1. The molecule has 0 unspecified atom stereocenters. The van der Waals surface area contributed by atoms with Crippen LogP contribution in [-0.2, 0) is 0 Å². The van der Waals surface area contributed by atoms with Crippen molar-refractivity contribution in [1.29, 1.82) is 0 Å². The van der Waals surface area contributed by atoms with Gasteiger partial charge < -0.3 is 14.8 Å². The summed E-state index contributed by atoms with van der Waals surface area (Å²) in [5, 5.41) is 10.1. The van der Waals surface area contributed by atoms with E-state index in [4.69, 9.17) is 4.74 Å². The maximum atomic E-state index is 11.5. The third kappa shape index (κ3) is 4.37. The number of carboxylic acid groups (broad SMARTS) is 1. The predicted molar refractivity (Wildman–Crippen MR) is 94.9 cm³/mol. The molecule has 0 spiro atoms. The quantitative estimate of drug-likeness (QED) is 0.860. The number of unbranched alkanes of at least 4 members (excludes halogenated alkanes) is 1.